The molecular weight excluding hydrogens is 349 g/mol. The first-order valence-corrected chi connectivity index (χ1v) is 6.96. The average Bonchev–Trinajstić information content (AvgIpc) is 2.84. The van der Waals surface area contributed by atoms with Gasteiger partial charge in [0.05, 0.1) is 6.54 Å². The molecule has 0 saturated heterocycles. The number of aliphatic imine (C=N–C) groups is 1. The van der Waals surface area contributed by atoms with Crippen LogP contribution in [0.5, 0.6) is 0 Å². The Morgan fingerprint density at radius 1 is 1.11 bits per heavy atom. The summed E-state index contributed by atoms with van der Waals surface area (Å²) in [5.41, 5.74) is 4.36. The van der Waals surface area contributed by atoms with Gasteiger partial charge in [-0.15, -0.1) is 24.0 Å². The lowest BCUT2D eigenvalue weighted by molar-refractivity contribution is 0.839. The van der Waals surface area contributed by atoms with E-state index in [0.717, 1.165) is 25.6 Å². The Morgan fingerprint density at radius 2 is 1.79 bits per heavy atom. The third-order valence-corrected chi connectivity index (χ3v) is 3.27. The molecule has 0 saturated carbocycles. The van der Waals surface area contributed by atoms with Crippen LogP contribution < -0.4 is 10.6 Å². The molecule has 0 radical (unpaired) electrons. The van der Waals surface area contributed by atoms with Crippen LogP contribution in [-0.4, -0.2) is 19.0 Å². The lowest BCUT2D eigenvalue weighted by Gasteiger charge is -2.09. The third-order valence-electron chi connectivity index (χ3n) is 3.27. The van der Waals surface area contributed by atoms with Crippen molar-refractivity contribution in [3.8, 4) is 0 Å². The minimum absolute atomic E-state index is 0. The van der Waals surface area contributed by atoms with E-state index in [1.807, 2.05) is 0 Å². The summed E-state index contributed by atoms with van der Waals surface area (Å²) in [5, 5.41) is 6.49. The van der Waals surface area contributed by atoms with Crippen LogP contribution in [0, 0.1) is 0 Å². The molecule has 0 spiro atoms. The van der Waals surface area contributed by atoms with Crippen LogP contribution in [0.1, 0.15) is 37.0 Å². The minimum Gasteiger partial charge on any atom is -0.357 e. The Bertz CT molecular complexity index is 421. The van der Waals surface area contributed by atoms with Gasteiger partial charge in [0.2, 0.25) is 0 Å². The van der Waals surface area contributed by atoms with Crippen LogP contribution >= 0.6 is 24.0 Å². The number of guanidine groups is 1. The number of halogens is 1. The van der Waals surface area contributed by atoms with Gasteiger partial charge < -0.3 is 10.6 Å². The van der Waals surface area contributed by atoms with Crippen LogP contribution in [0.4, 0.5) is 0 Å². The number of rotatable bonds is 4. The summed E-state index contributed by atoms with van der Waals surface area (Å²) in [7, 11) is 0. The van der Waals surface area contributed by atoms with E-state index in [1.54, 1.807) is 0 Å². The van der Waals surface area contributed by atoms with Crippen molar-refractivity contribution in [2.75, 3.05) is 13.1 Å². The smallest absolute Gasteiger partial charge is 0.191 e. The lowest BCUT2D eigenvalue weighted by atomic mass is 10.1. The Kier molecular flexibility index (Phi) is 7.20. The Hall–Kier alpha value is -0.780. The van der Waals surface area contributed by atoms with Gasteiger partial charge in [-0.25, -0.2) is 4.99 Å². The van der Waals surface area contributed by atoms with Gasteiger partial charge in [-0.3, -0.25) is 0 Å². The fourth-order valence-electron chi connectivity index (χ4n) is 2.40. The second kappa shape index (κ2) is 8.40. The zero-order valence-electron chi connectivity index (χ0n) is 11.8. The molecule has 106 valence electrons. The molecule has 0 atom stereocenters. The van der Waals surface area contributed by atoms with E-state index in [-0.39, 0.29) is 24.0 Å². The maximum absolute atomic E-state index is 4.59. The van der Waals surface area contributed by atoms with E-state index in [9.17, 15) is 0 Å². The molecule has 1 aromatic rings. The van der Waals surface area contributed by atoms with Gasteiger partial charge >= 0.3 is 0 Å². The maximum atomic E-state index is 4.59. The topological polar surface area (TPSA) is 36.4 Å². The number of fused-ring (bicyclic) bond motifs is 1. The fraction of sp³-hybridized carbons (Fsp3) is 0.533. The summed E-state index contributed by atoms with van der Waals surface area (Å²) in [4.78, 5) is 4.59. The van der Waals surface area contributed by atoms with Gasteiger partial charge in [0.1, 0.15) is 0 Å². The van der Waals surface area contributed by atoms with E-state index in [1.165, 1.54) is 36.0 Å². The number of hydrogen-bond donors (Lipinski definition) is 2. The first kappa shape index (κ1) is 16.3. The van der Waals surface area contributed by atoms with Crippen LogP contribution in [0.25, 0.3) is 0 Å². The third kappa shape index (κ3) is 4.67. The summed E-state index contributed by atoms with van der Waals surface area (Å²) in [6, 6.07) is 6.80. The Balaban J connectivity index is 0.00000180. The lowest BCUT2D eigenvalue weighted by Crippen LogP contribution is -2.36. The number of benzene rings is 1. The SMILES string of the molecule is CCNC(=NCc1ccc2c(c1)CCC2)NCC.I. The molecule has 2 rings (SSSR count). The predicted octanol–water partition coefficient (Wildman–Crippen LogP) is 2.87. The molecule has 19 heavy (non-hydrogen) atoms. The quantitative estimate of drug-likeness (QED) is 0.484. The zero-order chi connectivity index (χ0) is 12.8. The standard InChI is InChI=1S/C15H23N3.HI/c1-3-16-15(17-4-2)18-11-12-8-9-13-6-5-7-14(13)10-12;/h8-10H,3-7,11H2,1-2H3,(H2,16,17,18);1H. The highest BCUT2D eigenvalue weighted by atomic mass is 127. The van der Waals surface area contributed by atoms with E-state index in [2.05, 4.69) is 47.7 Å². The van der Waals surface area contributed by atoms with E-state index in [0.29, 0.717) is 0 Å². The highest BCUT2D eigenvalue weighted by Gasteiger charge is 2.10. The van der Waals surface area contributed by atoms with Gasteiger partial charge in [-0.1, -0.05) is 18.2 Å². The van der Waals surface area contributed by atoms with E-state index in [4.69, 9.17) is 0 Å². The number of aryl methyl sites for hydroxylation is 2. The van der Waals surface area contributed by atoms with Crippen molar-refractivity contribution in [3.63, 3.8) is 0 Å². The molecule has 0 bridgehead atoms. The average molecular weight is 373 g/mol. The highest BCUT2D eigenvalue weighted by Crippen LogP contribution is 2.22. The van der Waals surface area contributed by atoms with Crippen LogP contribution in [0.2, 0.25) is 0 Å². The summed E-state index contributed by atoms with van der Waals surface area (Å²) >= 11 is 0. The van der Waals surface area contributed by atoms with Gasteiger partial charge in [0.15, 0.2) is 5.96 Å². The number of nitrogens with one attached hydrogen (secondary N) is 2. The molecule has 1 aliphatic rings. The van der Waals surface area contributed by atoms with E-state index >= 15 is 0 Å². The molecule has 2 N–H and O–H groups in total. The zero-order valence-corrected chi connectivity index (χ0v) is 14.2. The van der Waals surface area contributed by atoms with Crippen LogP contribution in [0.3, 0.4) is 0 Å². The van der Waals surface area contributed by atoms with Crippen LogP contribution in [0.15, 0.2) is 23.2 Å². The van der Waals surface area contributed by atoms with Gasteiger partial charge in [-0.05, 0) is 49.8 Å². The first-order valence-electron chi connectivity index (χ1n) is 6.96. The van der Waals surface area contributed by atoms with Crippen molar-refractivity contribution in [2.24, 2.45) is 4.99 Å². The number of hydrogen-bond acceptors (Lipinski definition) is 1. The molecule has 0 aromatic heterocycles. The van der Waals surface area contributed by atoms with Crippen molar-refractivity contribution >= 4 is 29.9 Å². The molecule has 0 aliphatic heterocycles. The molecule has 4 heteroatoms. The summed E-state index contributed by atoms with van der Waals surface area (Å²) < 4.78 is 0. The molecule has 1 aromatic carbocycles. The van der Waals surface area contributed by atoms with Crippen molar-refractivity contribution < 1.29 is 0 Å². The second-order valence-electron chi connectivity index (χ2n) is 4.68. The minimum atomic E-state index is 0. The van der Waals surface area contributed by atoms with Gasteiger partial charge in [0.25, 0.3) is 0 Å². The van der Waals surface area contributed by atoms with E-state index < -0.39 is 0 Å². The normalized spacial score (nSPS) is 12.3. The summed E-state index contributed by atoms with van der Waals surface area (Å²) in [6.07, 6.45) is 3.79. The summed E-state index contributed by atoms with van der Waals surface area (Å²) in [6.45, 7) is 6.72. The fourth-order valence-corrected chi connectivity index (χ4v) is 2.40. The van der Waals surface area contributed by atoms with Crippen molar-refractivity contribution in [1.29, 1.82) is 0 Å². The second-order valence-corrected chi connectivity index (χ2v) is 4.68. The largest absolute Gasteiger partial charge is 0.357 e. The molecule has 0 fully saturated rings. The number of nitrogens with zero attached hydrogens (tertiary/aromatic N) is 1. The molecule has 0 amide bonds. The molecule has 3 nitrogen and oxygen atoms in total. The predicted molar refractivity (Wildman–Crippen MR) is 92.4 cm³/mol. The van der Waals surface area contributed by atoms with Crippen molar-refractivity contribution in [2.45, 2.75) is 39.7 Å². The Labute approximate surface area is 133 Å². The maximum Gasteiger partial charge on any atom is 0.191 e. The van der Waals surface area contributed by atoms with Gasteiger partial charge in [-0.2, -0.15) is 0 Å². The van der Waals surface area contributed by atoms with Gasteiger partial charge in [0, 0.05) is 13.1 Å². The highest BCUT2D eigenvalue weighted by molar-refractivity contribution is 14.0. The Morgan fingerprint density at radius 3 is 2.47 bits per heavy atom. The van der Waals surface area contributed by atoms with Crippen LogP contribution in [-0.2, 0) is 19.4 Å². The molecular formula is C15H24IN3. The van der Waals surface area contributed by atoms with Crippen molar-refractivity contribution in [1.82, 2.24) is 10.6 Å². The monoisotopic (exact) mass is 373 g/mol. The molecule has 0 heterocycles. The molecule has 0 unspecified atom stereocenters. The van der Waals surface area contributed by atoms with Crippen molar-refractivity contribution in [3.05, 3.63) is 34.9 Å². The summed E-state index contributed by atoms with van der Waals surface area (Å²) in [5.74, 6) is 0.903. The first-order chi connectivity index (χ1) is 8.83. The molecule has 1 aliphatic carbocycles.